The number of carbonyl (C=O) groups excluding carboxylic acids is 1. The van der Waals surface area contributed by atoms with Crippen LogP contribution in [0.15, 0.2) is 59.2 Å². The van der Waals surface area contributed by atoms with E-state index in [2.05, 4.69) is 0 Å². The van der Waals surface area contributed by atoms with Gasteiger partial charge in [0.25, 0.3) is 0 Å². The Labute approximate surface area is 129 Å². The first-order valence-electron chi connectivity index (χ1n) is 7.39. The standard InChI is InChI=1S/C19H18O3/c1-13-4-2-3-5-16(13)18(21)8-7-17(20)14-6-9-19-15(12-14)10-11-22-19/h2-6,9-12,18,21H,7-8H2,1H3. The summed E-state index contributed by atoms with van der Waals surface area (Å²) in [5.41, 5.74) is 3.37. The summed E-state index contributed by atoms with van der Waals surface area (Å²) in [6.07, 6.45) is 1.75. The molecule has 1 unspecified atom stereocenters. The third-order valence-electron chi connectivity index (χ3n) is 3.97. The number of ketones is 1. The number of carbonyl (C=O) groups is 1. The molecule has 1 atom stereocenters. The summed E-state index contributed by atoms with van der Waals surface area (Å²) in [5, 5.41) is 11.2. The number of hydrogen-bond donors (Lipinski definition) is 1. The first kappa shape index (κ1) is 14.5. The van der Waals surface area contributed by atoms with Crippen molar-refractivity contribution in [2.75, 3.05) is 0 Å². The van der Waals surface area contributed by atoms with Crippen molar-refractivity contribution in [3.8, 4) is 0 Å². The van der Waals surface area contributed by atoms with E-state index >= 15 is 0 Å². The van der Waals surface area contributed by atoms with E-state index in [4.69, 9.17) is 4.42 Å². The molecule has 0 spiro atoms. The predicted octanol–water partition coefficient (Wildman–Crippen LogP) is 4.44. The number of hydrogen-bond acceptors (Lipinski definition) is 3. The Morgan fingerprint density at radius 3 is 2.82 bits per heavy atom. The van der Waals surface area contributed by atoms with Crippen molar-refractivity contribution in [2.45, 2.75) is 25.9 Å². The minimum absolute atomic E-state index is 0.0377. The lowest BCUT2D eigenvalue weighted by Crippen LogP contribution is -2.05. The monoisotopic (exact) mass is 294 g/mol. The van der Waals surface area contributed by atoms with Gasteiger partial charge in [-0.3, -0.25) is 4.79 Å². The van der Waals surface area contributed by atoms with Crippen LogP contribution in [0.5, 0.6) is 0 Å². The summed E-state index contributed by atoms with van der Waals surface area (Å²) in [5.74, 6) is 0.0377. The van der Waals surface area contributed by atoms with Crippen LogP contribution in [-0.2, 0) is 0 Å². The summed E-state index contributed by atoms with van der Waals surface area (Å²) in [6, 6.07) is 15.0. The van der Waals surface area contributed by atoms with Crippen molar-refractivity contribution in [3.63, 3.8) is 0 Å². The van der Waals surface area contributed by atoms with Gasteiger partial charge in [0, 0.05) is 17.4 Å². The number of furan rings is 1. The Kier molecular flexibility index (Phi) is 4.07. The second-order valence-electron chi connectivity index (χ2n) is 5.51. The number of aliphatic hydroxyl groups excluding tert-OH is 1. The van der Waals surface area contributed by atoms with Crippen molar-refractivity contribution in [1.82, 2.24) is 0 Å². The smallest absolute Gasteiger partial charge is 0.163 e. The molecule has 3 rings (SSSR count). The van der Waals surface area contributed by atoms with Crippen LogP contribution in [-0.4, -0.2) is 10.9 Å². The van der Waals surface area contributed by atoms with Gasteiger partial charge in [-0.2, -0.15) is 0 Å². The molecule has 22 heavy (non-hydrogen) atoms. The molecule has 0 amide bonds. The molecule has 0 aliphatic carbocycles. The van der Waals surface area contributed by atoms with Crippen LogP contribution in [0, 0.1) is 6.92 Å². The molecule has 0 saturated heterocycles. The van der Waals surface area contributed by atoms with Crippen molar-refractivity contribution >= 4 is 16.8 Å². The van der Waals surface area contributed by atoms with Gasteiger partial charge in [-0.15, -0.1) is 0 Å². The number of aliphatic hydroxyl groups is 1. The molecule has 3 aromatic rings. The SMILES string of the molecule is Cc1ccccc1C(O)CCC(=O)c1ccc2occc2c1. The fourth-order valence-electron chi connectivity index (χ4n) is 2.67. The van der Waals surface area contributed by atoms with Gasteiger partial charge < -0.3 is 9.52 Å². The van der Waals surface area contributed by atoms with Crippen LogP contribution >= 0.6 is 0 Å². The van der Waals surface area contributed by atoms with Gasteiger partial charge in [-0.25, -0.2) is 0 Å². The Bertz CT molecular complexity index is 801. The maximum absolute atomic E-state index is 12.3. The van der Waals surface area contributed by atoms with Gasteiger partial charge in [0.1, 0.15) is 5.58 Å². The van der Waals surface area contributed by atoms with E-state index in [-0.39, 0.29) is 5.78 Å². The number of rotatable bonds is 5. The molecule has 0 fully saturated rings. The minimum atomic E-state index is -0.609. The van der Waals surface area contributed by atoms with Crippen molar-refractivity contribution < 1.29 is 14.3 Å². The molecule has 0 saturated carbocycles. The highest BCUT2D eigenvalue weighted by Gasteiger charge is 2.14. The summed E-state index contributed by atoms with van der Waals surface area (Å²) in [4.78, 5) is 12.3. The largest absolute Gasteiger partial charge is 0.464 e. The lowest BCUT2D eigenvalue weighted by Gasteiger charge is -2.13. The Morgan fingerprint density at radius 2 is 2.00 bits per heavy atom. The number of aryl methyl sites for hydroxylation is 1. The van der Waals surface area contributed by atoms with Crippen LogP contribution in [0.4, 0.5) is 0 Å². The highest BCUT2D eigenvalue weighted by molar-refractivity contribution is 5.99. The average molecular weight is 294 g/mol. The highest BCUT2D eigenvalue weighted by Crippen LogP contribution is 2.23. The number of benzene rings is 2. The number of fused-ring (bicyclic) bond motifs is 1. The summed E-state index contributed by atoms with van der Waals surface area (Å²) in [6.45, 7) is 1.97. The molecule has 0 bridgehead atoms. The summed E-state index contributed by atoms with van der Waals surface area (Å²) in [7, 11) is 0. The van der Waals surface area contributed by atoms with Gasteiger partial charge in [-0.05, 0) is 48.7 Å². The molecule has 1 heterocycles. The normalized spacial score (nSPS) is 12.5. The fourth-order valence-corrected chi connectivity index (χ4v) is 2.67. The van der Waals surface area contributed by atoms with Crippen LogP contribution in [0.1, 0.15) is 40.4 Å². The van der Waals surface area contributed by atoms with E-state index in [9.17, 15) is 9.90 Å². The molecular weight excluding hydrogens is 276 g/mol. The van der Waals surface area contributed by atoms with E-state index in [0.29, 0.717) is 18.4 Å². The van der Waals surface area contributed by atoms with Gasteiger partial charge in [-0.1, -0.05) is 24.3 Å². The Balaban J connectivity index is 1.68. The van der Waals surface area contributed by atoms with Crippen molar-refractivity contribution in [3.05, 3.63) is 71.5 Å². The van der Waals surface area contributed by atoms with Crippen LogP contribution in [0.25, 0.3) is 11.0 Å². The topological polar surface area (TPSA) is 50.4 Å². The Morgan fingerprint density at radius 1 is 1.18 bits per heavy atom. The molecule has 0 aliphatic rings. The molecule has 0 radical (unpaired) electrons. The zero-order valence-electron chi connectivity index (χ0n) is 12.5. The van der Waals surface area contributed by atoms with Crippen LogP contribution in [0.3, 0.4) is 0 Å². The van der Waals surface area contributed by atoms with E-state index < -0.39 is 6.10 Å². The number of Topliss-reactive ketones (excluding diaryl/α,β-unsaturated/α-hetero) is 1. The molecule has 112 valence electrons. The van der Waals surface area contributed by atoms with E-state index in [1.807, 2.05) is 43.3 Å². The van der Waals surface area contributed by atoms with Gasteiger partial charge in [0.05, 0.1) is 12.4 Å². The molecule has 2 aromatic carbocycles. The molecule has 3 heteroatoms. The zero-order valence-corrected chi connectivity index (χ0v) is 12.5. The second-order valence-corrected chi connectivity index (χ2v) is 5.51. The quantitative estimate of drug-likeness (QED) is 0.708. The third-order valence-corrected chi connectivity index (χ3v) is 3.97. The fraction of sp³-hybridized carbons (Fsp3) is 0.211. The first-order chi connectivity index (χ1) is 10.6. The van der Waals surface area contributed by atoms with E-state index in [0.717, 1.165) is 22.1 Å². The second kappa shape index (κ2) is 6.16. The molecule has 1 aromatic heterocycles. The third kappa shape index (κ3) is 2.95. The summed E-state index contributed by atoms with van der Waals surface area (Å²) < 4.78 is 5.27. The maximum atomic E-state index is 12.3. The first-order valence-corrected chi connectivity index (χ1v) is 7.39. The molecule has 0 aliphatic heterocycles. The lowest BCUT2D eigenvalue weighted by atomic mass is 9.97. The van der Waals surface area contributed by atoms with Gasteiger partial charge >= 0.3 is 0 Å². The lowest BCUT2D eigenvalue weighted by molar-refractivity contribution is 0.0940. The minimum Gasteiger partial charge on any atom is -0.464 e. The molecular formula is C19H18O3. The van der Waals surface area contributed by atoms with Gasteiger partial charge in [0.15, 0.2) is 5.78 Å². The predicted molar refractivity (Wildman–Crippen MR) is 85.9 cm³/mol. The van der Waals surface area contributed by atoms with Crippen molar-refractivity contribution in [1.29, 1.82) is 0 Å². The van der Waals surface area contributed by atoms with E-state index in [1.165, 1.54) is 0 Å². The molecule has 3 nitrogen and oxygen atoms in total. The van der Waals surface area contributed by atoms with Crippen LogP contribution in [0.2, 0.25) is 0 Å². The zero-order chi connectivity index (χ0) is 15.5. The van der Waals surface area contributed by atoms with Gasteiger partial charge in [0.2, 0.25) is 0 Å². The van der Waals surface area contributed by atoms with Crippen LogP contribution < -0.4 is 0 Å². The van der Waals surface area contributed by atoms with Crippen molar-refractivity contribution in [2.24, 2.45) is 0 Å². The Hall–Kier alpha value is -2.39. The summed E-state index contributed by atoms with van der Waals surface area (Å²) >= 11 is 0. The average Bonchev–Trinajstić information content (AvgIpc) is 3.00. The van der Waals surface area contributed by atoms with E-state index in [1.54, 1.807) is 18.4 Å². The maximum Gasteiger partial charge on any atom is 0.163 e. The highest BCUT2D eigenvalue weighted by atomic mass is 16.3. The molecule has 1 N–H and O–H groups in total.